The number of primary amides is 1. The molecular formula is C29H33F3N6O4. The Bertz CT molecular complexity index is 1510. The van der Waals surface area contributed by atoms with Gasteiger partial charge in [0.2, 0.25) is 5.91 Å². The molecule has 4 N–H and O–H groups in total. The van der Waals surface area contributed by atoms with Crippen molar-refractivity contribution in [3.8, 4) is 0 Å². The second-order valence-corrected chi connectivity index (χ2v) is 11.1. The van der Waals surface area contributed by atoms with E-state index in [9.17, 15) is 32.7 Å². The number of pyridine rings is 1. The van der Waals surface area contributed by atoms with E-state index >= 15 is 0 Å². The van der Waals surface area contributed by atoms with Crippen LogP contribution in [0.1, 0.15) is 41.0 Å². The molecule has 224 valence electrons. The lowest BCUT2D eigenvalue weighted by Gasteiger charge is -2.32. The molecule has 0 radical (unpaired) electrons. The van der Waals surface area contributed by atoms with Crippen molar-refractivity contribution in [1.82, 2.24) is 19.4 Å². The quantitative estimate of drug-likeness (QED) is 0.391. The first-order valence-corrected chi connectivity index (χ1v) is 13.8. The fourth-order valence-electron chi connectivity index (χ4n) is 5.81. The topological polar surface area (TPSA) is 134 Å². The number of carbonyl (C=O) groups is 3. The number of benzene rings is 1. The number of piperidine rings is 1. The number of aryl methyl sites for hydroxylation is 1. The molecule has 2 fully saturated rings. The standard InChI is InChI=1S/C29H33F3N6O4/c1-17-4-2-5-19(34-17)12-25(39)24-10-18(30)13-38(24)26(40)15-37-14-22(27(33)41)21-11-20(6-7-23(21)37)35-28(42)36-9-3-8-29(31,32)16-36/h2,4-7,11,14,18,24-25,39H,3,8-10,12-13,15-16H2,1H3,(H2,33,41)(H,35,42)/t18-,24+,25+/m1/s1. The maximum Gasteiger partial charge on any atom is 0.322 e. The first-order chi connectivity index (χ1) is 19.9. The molecule has 3 atom stereocenters. The van der Waals surface area contributed by atoms with Gasteiger partial charge in [-0.25, -0.2) is 18.0 Å². The van der Waals surface area contributed by atoms with Gasteiger partial charge in [-0.2, -0.15) is 0 Å². The summed E-state index contributed by atoms with van der Waals surface area (Å²) in [6.07, 6.45) is -0.862. The van der Waals surface area contributed by atoms with Gasteiger partial charge in [-0.15, -0.1) is 0 Å². The highest BCUT2D eigenvalue weighted by molar-refractivity contribution is 6.08. The van der Waals surface area contributed by atoms with Gasteiger partial charge in [-0.05, 0) is 43.7 Å². The Morgan fingerprint density at radius 3 is 2.74 bits per heavy atom. The molecule has 2 aliphatic rings. The van der Waals surface area contributed by atoms with Crippen LogP contribution in [0.3, 0.4) is 0 Å². The normalized spacial score (nSPS) is 21.0. The molecule has 2 saturated heterocycles. The van der Waals surface area contributed by atoms with E-state index in [2.05, 4.69) is 10.3 Å². The minimum Gasteiger partial charge on any atom is -0.391 e. The molecule has 1 aromatic carbocycles. The van der Waals surface area contributed by atoms with Crippen molar-refractivity contribution in [2.45, 2.75) is 63.4 Å². The van der Waals surface area contributed by atoms with Crippen molar-refractivity contribution in [3.63, 3.8) is 0 Å². The molecule has 0 bridgehead atoms. The maximum absolute atomic E-state index is 14.5. The molecule has 10 nitrogen and oxygen atoms in total. The summed E-state index contributed by atoms with van der Waals surface area (Å²) < 4.78 is 43.6. The van der Waals surface area contributed by atoms with E-state index in [0.717, 1.165) is 10.6 Å². The predicted octanol–water partition coefficient (Wildman–Crippen LogP) is 3.25. The number of halogens is 3. The van der Waals surface area contributed by atoms with Crippen LogP contribution in [0, 0.1) is 6.92 Å². The Kier molecular flexibility index (Phi) is 8.13. The number of hydrogen-bond donors (Lipinski definition) is 3. The minimum absolute atomic E-state index is 0.0102. The van der Waals surface area contributed by atoms with E-state index < -0.39 is 48.6 Å². The number of amides is 4. The molecule has 3 aromatic rings. The van der Waals surface area contributed by atoms with Crippen LogP contribution in [0.2, 0.25) is 0 Å². The smallest absolute Gasteiger partial charge is 0.322 e. The number of likely N-dealkylation sites (tertiary alicyclic amines) is 2. The number of aliphatic hydroxyl groups excluding tert-OH is 1. The van der Waals surface area contributed by atoms with Crippen LogP contribution in [0.25, 0.3) is 10.9 Å². The Hall–Kier alpha value is -4.13. The molecule has 0 aliphatic carbocycles. The van der Waals surface area contributed by atoms with Gasteiger partial charge in [0, 0.05) is 60.0 Å². The molecule has 42 heavy (non-hydrogen) atoms. The molecule has 0 unspecified atom stereocenters. The Morgan fingerprint density at radius 2 is 2.02 bits per heavy atom. The Morgan fingerprint density at radius 1 is 1.24 bits per heavy atom. The number of alkyl halides is 3. The fourth-order valence-corrected chi connectivity index (χ4v) is 5.81. The van der Waals surface area contributed by atoms with Crippen molar-refractivity contribution in [1.29, 1.82) is 0 Å². The number of nitrogens with two attached hydrogens (primary N) is 1. The number of hydrogen-bond acceptors (Lipinski definition) is 5. The molecule has 5 rings (SSSR count). The average Bonchev–Trinajstić information content (AvgIpc) is 3.48. The average molecular weight is 587 g/mol. The van der Waals surface area contributed by atoms with Gasteiger partial charge in [0.05, 0.1) is 30.8 Å². The number of anilines is 1. The van der Waals surface area contributed by atoms with Crippen molar-refractivity contribution in [2.75, 3.05) is 25.0 Å². The number of aromatic nitrogens is 2. The molecule has 4 amide bonds. The summed E-state index contributed by atoms with van der Waals surface area (Å²) in [6.45, 7) is 0.918. The molecule has 2 aliphatic heterocycles. The zero-order valence-corrected chi connectivity index (χ0v) is 23.1. The van der Waals surface area contributed by atoms with Crippen LogP contribution in [-0.4, -0.2) is 86.2 Å². The Labute approximate surface area is 240 Å². The molecule has 13 heteroatoms. The van der Waals surface area contributed by atoms with Gasteiger partial charge < -0.3 is 30.5 Å². The first-order valence-electron chi connectivity index (χ1n) is 13.8. The van der Waals surface area contributed by atoms with E-state index in [0.29, 0.717) is 16.6 Å². The van der Waals surface area contributed by atoms with E-state index in [1.165, 1.54) is 27.8 Å². The fraction of sp³-hybridized carbons (Fsp3) is 0.448. The third-order valence-corrected chi connectivity index (χ3v) is 7.80. The summed E-state index contributed by atoms with van der Waals surface area (Å²) in [5.41, 5.74) is 7.82. The largest absolute Gasteiger partial charge is 0.391 e. The first kappa shape index (κ1) is 29.4. The van der Waals surface area contributed by atoms with Crippen molar-refractivity contribution < 1.29 is 32.7 Å². The molecule has 0 spiro atoms. The number of nitrogens with one attached hydrogen (secondary N) is 1. The number of rotatable bonds is 7. The Balaban J connectivity index is 1.33. The third-order valence-electron chi connectivity index (χ3n) is 7.80. The molecular weight excluding hydrogens is 553 g/mol. The zero-order chi connectivity index (χ0) is 30.2. The van der Waals surface area contributed by atoms with Crippen LogP contribution < -0.4 is 11.1 Å². The summed E-state index contributed by atoms with van der Waals surface area (Å²) in [5, 5.41) is 13.9. The number of nitrogens with zero attached hydrogens (tertiary/aromatic N) is 4. The number of aliphatic hydroxyl groups is 1. The third kappa shape index (κ3) is 6.35. The van der Waals surface area contributed by atoms with E-state index in [-0.39, 0.29) is 56.6 Å². The van der Waals surface area contributed by atoms with Gasteiger partial charge in [0.25, 0.3) is 11.8 Å². The highest BCUT2D eigenvalue weighted by Crippen LogP contribution is 2.30. The number of fused-ring (bicyclic) bond motifs is 1. The minimum atomic E-state index is -2.95. The lowest BCUT2D eigenvalue weighted by atomic mass is 10.0. The van der Waals surface area contributed by atoms with Crippen LogP contribution in [-0.2, 0) is 17.8 Å². The SMILES string of the molecule is Cc1cccc(C[C@H](O)[C@@H]2C[C@@H](F)CN2C(=O)Cn2cc(C(N)=O)c3cc(NC(=O)N4CCCC(F)(F)C4)ccc32)n1. The maximum atomic E-state index is 14.5. The van der Waals surface area contributed by atoms with E-state index in [1.807, 2.05) is 19.1 Å². The number of urea groups is 1. The van der Waals surface area contributed by atoms with Gasteiger partial charge >= 0.3 is 6.03 Å². The summed E-state index contributed by atoms with van der Waals surface area (Å²) >= 11 is 0. The van der Waals surface area contributed by atoms with Gasteiger partial charge in [0.1, 0.15) is 12.7 Å². The van der Waals surface area contributed by atoms with Crippen molar-refractivity contribution in [2.24, 2.45) is 5.73 Å². The van der Waals surface area contributed by atoms with Gasteiger partial charge in [-0.3, -0.25) is 14.6 Å². The highest BCUT2D eigenvalue weighted by Gasteiger charge is 2.40. The van der Waals surface area contributed by atoms with Crippen LogP contribution in [0.15, 0.2) is 42.6 Å². The summed E-state index contributed by atoms with van der Waals surface area (Å²) in [7, 11) is 0. The van der Waals surface area contributed by atoms with Gasteiger partial charge in [0.15, 0.2) is 0 Å². The van der Waals surface area contributed by atoms with Gasteiger partial charge in [-0.1, -0.05) is 6.07 Å². The number of carbonyl (C=O) groups excluding carboxylic acids is 3. The van der Waals surface area contributed by atoms with Crippen LogP contribution in [0.4, 0.5) is 23.7 Å². The molecule has 2 aromatic heterocycles. The predicted molar refractivity (Wildman–Crippen MR) is 149 cm³/mol. The summed E-state index contributed by atoms with van der Waals surface area (Å²) in [6, 6.07) is 8.56. The second-order valence-electron chi connectivity index (χ2n) is 11.1. The summed E-state index contributed by atoms with van der Waals surface area (Å²) in [4.78, 5) is 45.0. The van der Waals surface area contributed by atoms with Crippen molar-refractivity contribution >= 4 is 34.4 Å². The van der Waals surface area contributed by atoms with Crippen molar-refractivity contribution in [3.05, 3.63) is 59.5 Å². The zero-order valence-electron chi connectivity index (χ0n) is 23.1. The van der Waals surface area contributed by atoms with E-state index in [4.69, 9.17) is 5.73 Å². The monoisotopic (exact) mass is 586 g/mol. The second kappa shape index (κ2) is 11.6. The highest BCUT2D eigenvalue weighted by atomic mass is 19.3. The van der Waals surface area contributed by atoms with E-state index in [1.54, 1.807) is 12.1 Å². The van der Waals surface area contributed by atoms with Crippen LogP contribution in [0.5, 0.6) is 0 Å². The molecule has 4 heterocycles. The lowest BCUT2D eigenvalue weighted by Crippen LogP contribution is -2.47. The lowest BCUT2D eigenvalue weighted by molar-refractivity contribution is -0.134. The van der Waals surface area contributed by atoms with Crippen LogP contribution >= 0.6 is 0 Å². The summed E-state index contributed by atoms with van der Waals surface area (Å²) in [5.74, 6) is -4.17. The molecule has 0 saturated carbocycles.